The van der Waals surface area contributed by atoms with Gasteiger partial charge in [0.15, 0.2) is 0 Å². The molecule has 0 radical (unpaired) electrons. The Kier molecular flexibility index (Phi) is 3.69. The van der Waals surface area contributed by atoms with Gasteiger partial charge in [-0.2, -0.15) is 0 Å². The van der Waals surface area contributed by atoms with E-state index in [1.807, 2.05) is 0 Å². The van der Waals surface area contributed by atoms with Crippen LogP contribution < -0.4 is 15.5 Å². The molecule has 2 N–H and O–H groups in total. The molecule has 1 amide bonds. The molecule has 2 aliphatic heterocycles. The minimum absolute atomic E-state index is 0.158. The molecule has 19 heavy (non-hydrogen) atoms. The number of hydrogen-bond acceptors (Lipinski definition) is 3. The van der Waals surface area contributed by atoms with Crippen molar-refractivity contribution in [2.75, 3.05) is 24.5 Å². The molecule has 0 bridgehead atoms. The Labute approximate surface area is 114 Å². The lowest BCUT2D eigenvalue weighted by Crippen LogP contribution is -2.31. The van der Waals surface area contributed by atoms with Crippen LogP contribution in [-0.2, 0) is 11.3 Å². The van der Waals surface area contributed by atoms with E-state index in [0.717, 1.165) is 13.1 Å². The van der Waals surface area contributed by atoms with Crippen LogP contribution >= 0.6 is 0 Å². The van der Waals surface area contributed by atoms with E-state index in [9.17, 15) is 4.79 Å². The van der Waals surface area contributed by atoms with Gasteiger partial charge in [-0.05, 0) is 24.5 Å². The van der Waals surface area contributed by atoms with Crippen LogP contribution in [0.15, 0.2) is 24.3 Å². The summed E-state index contributed by atoms with van der Waals surface area (Å²) in [6.07, 6.45) is 3.19. The van der Waals surface area contributed by atoms with Crippen molar-refractivity contribution in [1.82, 2.24) is 10.6 Å². The predicted molar refractivity (Wildman–Crippen MR) is 76.1 cm³/mol. The fourth-order valence-corrected chi connectivity index (χ4v) is 2.93. The maximum Gasteiger partial charge on any atom is 0.221 e. The summed E-state index contributed by atoms with van der Waals surface area (Å²) in [5.41, 5.74) is 2.69. The summed E-state index contributed by atoms with van der Waals surface area (Å²) in [6.45, 7) is 3.93. The molecule has 1 aromatic carbocycles. The highest BCUT2D eigenvalue weighted by atomic mass is 16.1. The Hall–Kier alpha value is -1.55. The molecule has 0 aliphatic carbocycles. The Morgan fingerprint density at radius 3 is 2.79 bits per heavy atom. The molecule has 2 aliphatic rings. The van der Waals surface area contributed by atoms with Gasteiger partial charge in [0, 0.05) is 44.3 Å². The molecule has 2 fully saturated rings. The van der Waals surface area contributed by atoms with Gasteiger partial charge in [-0.3, -0.25) is 4.79 Å². The number of para-hydroxylation sites is 1. The number of anilines is 1. The third kappa shape index (κ3) is 2.89. The molecule has 2 saturated heterocycles. The second kappa shape index (κ2) is 5.61. The van der Waals surface area contributed by atoms with E-state index < -0.39 is 0 Å². The first kappa shape index (κ1) is 12.5. The fourth-order valence-electron chi connectivity index (χ4n) is 2.93. The Morgan fingerprint density at radius 2 is 2.05 bits per heavy atom. The summed E-state index contributed by atoms with van der Waals surface area (Å²) in [5, 5.41) is 6.35. The van der Waals surface area contributed by atoms with E-state index in [1.165, 1.54) is 37.2 Å². The van der Waals surface area contributed by atoms with Gasteiger partial charge in [0.2, 0.25) is 5.91 Å². The van der Waals surface area contributed by atoms with Gasteiger partial charge in [0.25, 0.3) is 0 Å². The van der Waals surface area contributed by atoms with E-state index in [0.29, 0.717) is 6.42 Å². The number of hydrogen-bond donors (Lipinski definition) is 2. The number of carbonyl (C=O) groups excluding carboxylic acids is 1. The molecule has 3 rings (SSSR count). The largest absolute Gasteiger partial charge is 0.371 e. The zero-order valence-corrected chi connectivity index (χ0v) is 11.2. The number of rotatable bonds is 4. The standard InChI is InChI=1S/C15H21N3O/c19-15-9-13(11-17-15)16-10-12-5-1-2-6-14(12)18-7-3-4-8-18/h1-2,5-6,13,16H,3-4,7-11H2,(H,17,19). The van der Waals surface area contributed by atoms with Crippen LogP contribution in [-0.4, -0.2) is 31.6 Å². The van der Waals surface area contributed by atoms with Crippen LogP contribution in [0, 0.1) is 0 Å². The van der Waals surface area contributed by atoms with Crippen molar-refractivity contribution >= 4 is 11.6 Å². The lowest BCUT2D eigenvalue weighted by molar-refractivity contribution is -0.119. The quantitative estimate of drug-likeness (QED) is 0.856. The maximum absolute atomic E-state index is 11.2. The molecule has 4 nitrogen and oxygen atoms in total. The number of nitrogens with one attached hydrogen (secondary N) is 2. The molecule has 102 valence electrons. The average Bonchev–Trinajstić information content (AvgIpc) is 3.08. The molecule has 2 heterocycles. The van der Waals surface area contributed by atoms with Gasteiger partial charge in [0.1, 0.15) is 0 Å². The maximum atomic E-state index is 11.2. The molecular weight excluding hydrogens is 238 g/mol. The minimum Gasteiger partial charge on any atom is -0.371 e. The SMILES string of the molecule is O=C1CC(NCc2ccccc2N2CCCC2)CN1. The van der Waals surface area contributed by atoms with E-state index in [4.69, 9.17) is 0 Å². The lowest BCUT2D eigenvalue weighted by Gasteiger charge is -2.22. The molecule has 0 spiro atoms. The second-order valence-corrected chi connectivity index (χ2v) is 5.41. The molecule has 1 atom stereocenters. The van der Waals surface area contributed by atoms with Crippen molar-refractivity contribution in [3.8, 4) is 0 Å². The highest BCUT2D eigenvalue weighted by Crippen LogP contribution is 2.24. The summed E-state index contributed by atoms with van der Waals surface area (Å²) < 4.78 is 0. The van der Waals surface area contributed by atoms with Crippen molar-refractivity contribution < 1.29 is 4.79 Å². The zero-order chi connectivity index (χ0) is 13.1. The van der Waals surface area contributed by atoms with Gasteiger partial charge in [-0.25, -0.2) is 0 Å². The molecular formula is C15H21N3O. The van der Waals surface area contributed by atoms with Crippen LogP contribution in [0.1, 0.15) is 24.8 Å². The summed E-state index contributed by atoms with van der Waals surface area (Å²) >= 11 is 0. The highest BCUT2D eigenvalue weighted by Gasteiger charge is 2.21. The van der Waals surface area contributed by atoms with Crippen molar-refractivity contribution in [2.24, 2.45) is 0 Å². The van der Waals surface area contributed by atoms with Crippen LogP contribution in [0.4, 0.5) is 5.69 Å². The average molecular weight is 259 g/mol. The Morgan fingerprint density at radius 1 is 1.26 bits per heavy atom. The zero-order valence-electron chi connectivity index (χ0n) is 11.2. The number of carbonyl (C=O) groups is 1. The number of amides is 1. The van der Waals surface area contributed by atoms with Gasteiger partial charge >= 0.3 is 0 Å². The first-order chi connectivity index (χ1) is 9.33. The summed E-state index contributed by atoms with van der Waals surface area (Å²) in [4.78, 5) is 13.6. The molecule has 1 unspecified atom stereocenters. The van der Waals surface area contributed by atoms with Gasteiger partial charge < -0.3 is 15.5 Å². The summed E-state index contributed by atoms with van der Waals surface area (Å²) in [5.74, 6) is 0.158. The van der Waals surface area contributed by atoms with Crippen LogP contribution in [0.3, 0.4) is 0 Å². The topological polar surface area (TPSA) is 44.4 Å². The summed E-state index contributed by atoms with van der Waals surface area (Å²) in [7, 11) is 0. The van der Waals surface area contributed by atoms with E-state index in [2.05, 4.69) is 39.8 Å². The van der Waals surface area contributed by atoms with Crippen LogP contribution in [0.5, 0.6) is 0 Å². The van der Waals surface area contributed by atoms with Gasteiger partial charge in [0.05, 0.1) is 0 Å². The third-order valence-corrected chi connectivity index (χ3v) is 4.00. The Bertz CT molecular complexity index is 454. The smallest absolute Gasteiger partial charge is 0.221 e. The van der Waals surface area contributed by atoms with E-state index >= 15 is 0 Å². The van der Waals surface area contributed by atoms with Gasteiger partial charge in [-0.15, -0.1) is 0 Å². The first-order valence-electron chi connectivity index (χ1n) is 7.16. The Balaban J connectivity index is 1.65. The fraction of sp³-hybridized carbons (Fsp3) is 0.533. The molecule has 4 heteroatoms. The highest BCUT2D eigenvalue weighted by molar-refractivity contribution is 5.78. The van der Waals surface area contributed by atoms with Crippen LogP contribution in [0.25, 0.3) is 0 Å². The number of nitrogens with zero attached hydrogens (tertiary/aromatic N) is 1. The van der Waals surface area contributed by atoms with Crippen molar-refractivity contribution in [1.29, 1.82) is 0 Å². The van der Waals surface area contributed by atoms with Crippen LogP contribution in [0.2, 0.25) is 0 Å². The second-order valence-electron chi connectivity index (χ2n) is 5.41. The summed E-state index contributed by atoms with van der Waals surface area (Å²) in [6, 6.07) is 8.87. The van der Waals surface area contributed by atoms with E-state index in [1.54, 1.807) is 0 Å². The molecule has 0 saturated carbocycles. The first-order valence-corrected chi connectivity index (χ1v) is 7.16. The molecule has 1 aromatic rings. The normalized spacial score (nSPS) is 22.8. The minimum atomic E-state index is 0.158. The van der Waals surface area contributed by atoms with Gasteiger partial charge in [-0.1, -0.05) is 18.2 Å². The van der Waals surface area contributed by atoms with E-state index in [-0.39, 0.29) is 11.9 Å². The lowest BCUT2D eigenvalue weighted by atomic mass is 10.1. The number of benzene rings is 1. The van der Waals surface area contributed by atoms with Crippen molar-refractivity contribution in [3.63, 3.8) is 0 Å². The van der Waals surface area contributed by atoms with Crippen molar-refractivity contribution in [2.45, 2.75) is 31.8 Å². The third-order valence-electron chi connectivity index (χ3n) is 4.00. The molecule has 0 aromatic heterocycles. The van der Waals surface area contributed by atoms with Crippen molar-refractivity contribution in [3.05, 3.63) is 29.8 Å². The predicted octanol–water partition coefficient (Wildman–Crippen LogP) is 1.26. The monoisotopic (exact) mass is 259 g/mol.